The van der Waals surface area contributed by atoms with Crippen LogP contribution in [0, 0.1) is 0 Å². The fourth-order valence-electron chi connectivity index (χ4n) is 12.8. The van der Waals surface area contributed by atoms with Gasteiger partial charge in [0.2, 0.25) is 0 Å². The lowest BCUT2D eigenvalue weighted by molar-refractivity contribution is -0.161. The highest BCUT2D eigenvalue weighted by atomic mass is 31.2. The summed E-state index contributed by atoms with van der Waals surface area (Å²) >= 11 is 0. The molecule has 4 N–H and O–H groups in total. The zero-order chi connectivity index (χ0) is 86.5. The van der Waals surface area contributed by atoms with Gasteiger partial charge in [0.15, 0.2) is 6.10 Å². The van der Waals surface area contributed by atoms with Gasteiger partial charge in [-0.25, -0.2) is 9.13 Å². The van der Waals surface area contributed by atoms with Crippen LogP contribution in [0.1, 0.15) is 393 Å². The number of esters is 3. The van der Waals surface area contributed by atoms with E-state index in [0.29, 0.717) is 19.3 Å². The first-order valence-electron chi connectivity index (χ1n) is 47.4. The summed E-state index contributed by atoms with van der Waals surface area (Å²) in [5.41, 5.74) is 0. The highest BCUT2D eigenvalue weighted by Crippen LogP contribution is 2.45. The maximum Gasteiger partial charge on any atom is 0.472 e. The number of unbranched alkanes of at least 4 members (excludes halogenated alkanes) is 38. The van der Waals surface area contributed by atoms with Crippen LogP contribution in [0.4, 0.5) is 0 Å². The third kappa shape index (κ3) is 93.5. The zero-order valence-electron chi connectivity index (χ0n) is 75.2. The first kappa shape index (κ1) is 114. The van der Waals surface area contributed by atoms with Crippen molar-refractivity contribution in [3.8, 4) is 0 Å². The minimum Gasteiger partial charge on any atom is -0.463 e. The number of allylic oxidation sites excluding steroid dienone is 28. The van der Waals surface area contributed by atoms with Gasteiger partial charge in [-0.2, -0.15) is 0 Å². The van der Waals surface area contributed by atoms with E-state index < -0.39 is 91.5 Å². The molecule has 0 aliphatic carbocycles. The van der Waals surface area contributed by atoms with Crippen LogP contribution in [0.3, 0.4) is 0 Å². The second-order valence-corrected chi connectivity index (χ2v) is 34.3. The van der Waals surface area contributed by atoms with Crippen LogP contribution in [0.25, 0.3) is 0 Å². The fraction of sp³-hybridized carbons (Fsp3) is 0.693. The molecule has 5 unspecified atom stereocenters. The third-order valence-electron chi connectivity index (χ3n) is 19.9. The molecule has 0 radical (unpaired) electrons. The van der Waals surface area contributed by atoms with E-state index >= 15 is 0 Å². The molecule has 0 aromatic heterocycles. The first-order valence-corrected chi connectivity index (χ1v) is 50.4. The molecular weight excluding hydrogens is 1530 g/mol. The average molecular weight is 1700 g/mol. The van der Waals surface area contributed by atoms with Crippen molar-refractivity contribution < 1.29 is 75.8 Å². The van der Waals surface area contributed by atoms with Crippen LogP contribution in [-0.2, 0) is 55.8 Å². The monoisotopic (exact) mass is 1700 g/mol. The van der Waals surface area contributed by atoms with Gasteiger partial charge < -0.3 is 34.2 Å². The lowest BCUT2D eigenvalue weighted by Gasteiger charge is -2.21. The minimum atomic E-state index is -4.95. The number of rotatable bonds is 89. The number of phosphoric ester groups is 2. The molecule has 0 aromatic rings. The fourth-order valence-corrected chi connectivity index (χ4v) is 14.4. The van der Waals surface area contributed by atoms with E-state index in [9.17, 15) is 43.5 Å². The Morgan fingerprint density at radius 2 is 0.445 bits per heavy atom. The normalized spacial score (nSPS) is 14.5. The van der Waals surface area contributed by atoms with Gasteiger partial charge in [0.05, 0.1) is 26.4 Å². The highest BCUT2D eigenvalue weighted by molar-refractivity contribution is 7.47. The minimum absolute atomic E-state index is 0.0785. The molecule has 0 bridgehead atoms. The predicted molar refractivity (Wildman–Crippen MR) is 500 cm³/mol. The molecule has 0 spiro atoms. The number of carbonyl (C=O) groups is 3. The Hall–Kier alpha value is -5.09. The van der Waals surface area contributed by atoms with Gasteiger partial charge in [-0.15, -0.1) is 0 Å². The van der Waals surface area contributed by atoms with Crippen LogP contribution in [0.15, 0.2) is 170 Å². The van der Waals surface area contributed by atoms with Crippen LogP contribution in [0.2, 0.25) is 0 Å². The van der Waals surface area contributed by atoms with Crippen molar-refractivity contribution in [2.24, 2.45) is 0 Å². The molecule has 0 saturated heterocycles. The van der Waals surface area contributed by atoms with Crippen molar-refractivity contribution >= 4 is 33.6 Å². The Bertz CT molecular complexity index is 2840. The number of carbonyl (C=O) groups excluding carboxylic acids is 3. The second kappa shape index (κ2) is 92.1. The smallest absolute Gasteiger partial charge is 0.463 e. The number of phosphoric acid groups is 2. The number of hydrogen-bond donors (Lipinski definition) is 4. The van der Waals surface area contributed by atoms with E-state index in [-0.39, 0.29) is 19.3 Å². The van der Waals surface area contributed by atoms with Gasteiger partial charge >= 0.3 is 33.6 Å². The molecule has 0 amide bonds. The van der Waals surface area contributed by atoms with Crippen LogP contribution >= 0.6 is 15.6 Å². The van der Waals surface area contributed by atoms with Gasteiger partial charge in [-0.05, 0) is 154 Å². The molecule has 682 valence electrons. The molecule has 119 heavy (non-hydrogen) atoms. The average Bonchev–Trinajstić information content (AvgIpc) is 0.902. The Balaban J connectivity index is 4.57. The van der Waals surface area contributed by atoms with Crippen LogP contribution < -0.4 is 0 Å². The Labute approximate surface area is 726 Å². The molecule has 5 atom stereocenters. The van der Waals surface area contributed by atoms with E-state index in [2.05, 4.69) is 191 Å². The van der Waals surface area contributed by atoms with Crippen LogP contribution in [0.5, 0.6) is 0 Å². The lowest BCUT2D eigenvalue weighted by atomic mass is 10.0. The Kier molecular flexibility index (Phi) is 88.2. The van der Waals surface area contributed by atoms with Crippen molar-refractivity contribution in [2.45, 2.75) is 411 Å². The topological polar surface area (TPSA) is 231 Å². The lowest BCUT2D eigenvalue weighted by Crippen LogP contribution is -2.30. The van der Waals surface area contributed by atoms with Crippen LogP contribution in [-0.4, -0.2) is 95.9 Å². The highest BCUT2D eigenvalue weighted by Gasteiger charge is 2.30. The summed E-state index contributed by atoms with van der Waals surface area (Å²) in [5, 5.41) is 20.8. The summed E-state index contributed by atoms with van der Waals surface area (Å²) < 4.78 is 61.5. The standard InChI is InChI=1S/C101H172O16P2/c1-4-7-10-13-16-19-22-25-28-31-34-37-39-41-43-45-46-47-48-50-52-53-55-58-60-63-66-69-72-75-78-81-84-87-99(104)111-90-96(102)91-113-118(107,108)114-92-97(103)93-115-119(109,110)116-95-98(117-101(106)89-86-83-80-77-74-71-68-65-62-57-36-33-30-27-24-21-18-15-12-9-6-3)94-112-100(105)88-85-82-79-76-73-70-67-64-61-59-56-54-51-49-44-42-40-38-35-32-29-26-23-20-17-14-11-8-5-2/h7,9-10,12,16-21,25-30,34-38,41-44,57,65,68,96-98,102-103H,4-6,8,11,13-15,22-24,31-33,39-40,45-56,58-64,66-67,69-95H2,1-3H3,(H,107,108)(H,109,110)/b10-7-,12-9-,19-16-,20-17-,21-18-,28-25-,29-26-,30-27-,37-34-,38-35-,43-41-,44-42-,57-36-,68-65-. The summed E-state index contributed by atoms with van der Waals surface area (Å²) in [7, 11) is -9.82. The quantitative estimate of drug-likeness (QED) is 0.0146. The maximum atomic E-state index is 13.1. The molecular formula is C101H172O16P2. The van der Waals surface area contributed by atoms with Crippen molar-refractivity contribution in [3.05, 3.63) is 170 Å². The molecule has 0 rings (SSSR count). The summed E-state index contributed by atoms with van der Waals surface area (Å²) in [4.78, 5) is 59.0. The summed E-state index contributed by atoms with van der Waals surface area (Å²) in [6, 6.07) is 0. The van der Waals surface area contributed by atoms with E-state index in [1.54, 1.807) is 0 Å². The third-order valence-corrected chi connectivity index (χ3v) is 21.8. The molecule has 0 aliphatic rings. The molecule has 18 heteroatoms. The van der Waals surface area contributed by atoms with Gasteiger partial charge in [-0.3, -0.25) is 32.5 Å². The summed E-state index contributed by atoms with van der Waals surface area (Å²) in [5.74, 6) is -1.59. The van der Waals surface area contributed by atoms with E-state index in [0.717, 1.165) is 167 Å². The summed E-state index contributed by atoms with van der Waals surface area (Å²) in [6.07, 6.45) is 120. The van der Waals surface area contributed by atoms with Crippen molar-refractivity contribution in [1.82, 2.24) is 0 Å². The first-order chi connectivity index (χ1) is 58.2. The van der Waals surface area contributed by atoms with E-state index in [4.69, 9.17) is 32.3 Å². The predicted octanol–water partition coefficient (Wildman–Crippen LogP) is 29.4. The Morgan fingerprint density at radius 3 is 0.706 bits per heavy atom. The number of hydrogen-bond acceptors (Lipinski definition) is 14. The van der Waals surface area contributed by atoms with E-state index in [1.807, 2.05) is 0 Å². The van der Waals surface area contributed by atoms with Crippen molar-refractivity contribution in [1.29, 1.82) is 0 Å². The van der Waals surface area contributed by atoms with Gasteiger partial charge in [0, 0.05) is 19.3 Å². The second-order valence-electron chi connectivity index (χ2n) is 31.4. The number of ether oxygens (including phenoxy) is 3. The van der Waals surface area contributed by atoms with Gasteiger partial charge in [-0.1, -0.05) is 390 Å². The number of aliphatic hydroxyl groups excluding tert-OH is 2. The Morgan fingerprint density at radius 1 is 0.244 bits per heavy atom. The molecule has 0 heterocycles. The number of aliphatic hydroxyl groups is 2. The molecule has 0 saturated carbocycles. The van der Waals surface area contributed by atoms with Crippen molar-refractivity contribution in [2.75, 3.05) is 39.6 Å². The van der Waals surface area contributed by atoms with E-state index in [1.165, 1.54) is 167 Å². The largest absolute Gasteiger partial charge is 0.472 e. The zero-order valence-corrected chi connectivity index (χ0v) is 77.0. The van der Waals surface area contributed by atoms with Gasteiger partial charge in [0.25, 0.3) is 0 Å². The summed E-state index contributed by atoms with van der Waals surface area (Å²) in [6.45, 7) is 2.45. The molecule has 0 aromatic carbocycles. The molecule has 16 nitrogen and oxygen atoms in total. The molecule has 0 aliphatic heterocycles. The maximum absolute atomic E-state index is 13.1. The van der Waals surface area contributed by atoms with Crippen molar-refractivity contribution in [3.63, 3.8) is 0 Å². The molecule has 0 fully saturated rings. The van der Waals surface area contributed by atoms with Gasteiger partial charge in [0.1, 0.15) is 25.4 Å². The SMILES string of the molecule is CC/C=C\C/C=C\C/C=C\C/C=C\C/C=C\CCCCCCCCCCCCCCCCCCCC(=O)OCC(O)COP(=O)(O)OCC(O)COP(=O)(O)OCC(COC(=O)CCCCCCCCCCCCCCC/C=C\C/C=C\C/C=C\C/C=C\CCCCC)OC(=O)CCCCCCC/C=C\C/C=C\C/C=C\C/C=C\C/C=C\CC.